The van der Waals surface area contributed by atoms with Gasteiger partial charge in [-0.25, -0.2) is 0 Å². The highest BCUT2D eigenvalue weighted by Gasteiger charge is 2.44. The van der Waals surface area contributed by atoms with Crippen LogP contribution in [0.25, 0.3) is 0 Å². The zero-order chi connectivity index (χ0) is 19.5. The van der Waals surface area contributed by atoms with Crippen LogP contribution in [0.3, 0.4) is 0 Å². The molecule has 3 aromatic carbocycles. The van der Waals surface area contributed by atoms with Crippen LogP contribution in [0.1, 0.15) is 25.7 Å². The Morgan fingerprint density at radius 2 is 1.00 bits per heavy atom. The van der Waals surface area contributed by atoms with Gasteiger partial charge in [0.1, 0.15) is 23.2 Å². The van der Waals surface area contributed by atoms with Crippen molar-refractivity contribution in [3.63, 3.8) is 0 Å². The van der Waals surface area contributed by atoms with Crippen LogP contribution in [0.15, 0.2) is 91.0 Å². The molecule has 3 rings (SSSR count). The summed E-state index contributed by atoms with van der Waals surface area (Å²) in [7, 11) is -1.75. The summed E-state index contributed by atoms with van der Waals surface area (Å²) in [5, 5.41) is 4.25. The second kappa shape index (κ2) is 10.5. The minimum atomic E-state index is -1.75. The molecule has 3 aromatic rings. The van der Waals surface area contributed by atoms with Gasteiger partial charge in [-0.2, -0.15) is 0 Å². The van der Waals surface area contributed by atoms with E-state index in [0.29, 0.717) is 0 Å². The predicted octanol–water partition coefficient (Wildman–Crippen LogP) is 5.18. The lowest BCUT2D eigenvalue weighted by Gasteiger charge is -2.27. The van der Waals surface area contributed by atoms with Crippen LogP contribution in [0.2, 0.25) is 0 Å². The minimum Gasteiger partial charge on any atom is -0.120 e. The van der Waals surface area contributed by atoms with Crippen LogP contribution in [-0.2, 0) is 0 Å². The van der Waals surface area contributed by atoms with Gasteiger partial charge in [0.2, 0.25) is 0 Å². The fourth-order valence-electron chi connectivity index (χ4n) is 3.56. The van der Waals surface area contributed by atoms with Gasteiger partial charge >= 0.3 is 0 Å². The van der Waals surface area contributed by atoms with Crippen molar-refractivity contribution in [3.8, 4) is 24.2 Å². The third-order valence-electron chi connectivity index (χ3n) is 4.91. The molecular formula is C27H26P+. The van der Waals surface area contributed by atoms with Crippen molar-refractivity contribution >= 4 is 23.2 Å². The van der Waals surface area contributed by atoms with Gasteiger partial charge < -0.3 is 0 Å². The molecule has 0 unspecified atom stereocenters. The molecule has 0 amide bonds. The number of unbranched alkanes of at least 4 members (excludes halogenated alkanes) is 2. The highest BCUT2D eigenvalue weighted by atomic mass is 31.2. The standard InChI is InChI=1S/C27H26P/c1-2-3-4-5-6-7-17-24-28(25-18-11-8-12-19-25,26-20-13-9-14-21-26)27-22-15-10-16-23-27/h1,8-16,18-23H,3-5,17,24H2/q+1. The van der Waals surface area contributed by atoms with Crippen molar-refractivity contribution < 1.29 is 0 Å². The largest absolute Gasteiger partial charge is 0.120 e. The Morgan fingerprint density at radius 1 is 0.571 bits per heavy atom. The SMILES string of the molecule is C#CCCCC#CCC[P+](c1ccccc1)(c1ccccc1)c1ccccc1. The lowest BCUT2D eigenvalue weighted by molar-refractivity contribution is 0.903. The Labute approximate surface area is 170 Å². The number of hydrogen-bond donors (Lipinski definition) is 0. The smallest absolute Gasteiger partial charge is 0.113 e. The number of terminal acetylenes is 1. The molecule has 1 heteroatoms. The Balaban J connectivity index is 2.01. The lowest BCUT2D eigenvalue weighted by Crippen LogP contribution is -2.33. The monoisotopic (exact) mass is 381 g/mol. The van der Waals surface area contributed by atoms with E-state index in [2.05, 4.69) is 109 Å². The molecule has 0 aliphatic carbocycles. The molecule has 28 heavy (non-hydrogen) atoms. The van der Waals surface area contributed by atoms with E-state index in [1.807, 2.05) is 0 Å². The van der Waals surface area contributed by atoms with Gasteiger partial charge in [-0.15, -0.1) is 18.3 Å². The van der Waals surface area contributed by atoms with Crippen molar-refractivity contribution in [2.24, 2.45) is 0 Å². The zero-order valence-electron chi connectivity index (χ0n) is 16.2. The van der Waals surface area contributed by atoms with Gasteiger partial charge in [0, 0.05) is 19.3 Å². The molecule has 0 bridgehead atoms. The summed E-state index contributed by atoms with van der Waals surface area (Å²) >= 11 is 0. The molecule has 0 saturated heterocycles. The van der Waals surface area contributed by atoms with Crippen LogP contribution < -0.4 is 15.9 Å². The molecule has 0 fully saturated rings. The van der Waals surface area contributed by atoms with E-state index in [1.165, 1.54) is 15.9 Å². The van der Waals surface area contributed by atoms with E-state index in [-0.39, 0.29) is 0 Å². The first-order valence-electron chi connectivity index (χ1n) is 9.82. The summed E-state index contributed by atoms with van der Waals surface area (Å²) in [6.07, 6.45) is 9.95. The van der Waals surface area contributed by atoms with Gasteiger partial charge in [0.05, 0.1) is 6.16 Å². The molecular weight excluding hydrogens is 355 g/mol. The lowest BCUT2D eigenvalue weighted by atomic mass is 10.2. The number of rotatable bonds is 7. The van der Waals surface area contributed by atoms with Gasteiger partial charge in [0.15, 0.2) is 0 Å². The van der Waals surface area contributed by atoms with E-state index >= 15 is 0 Å². The third-order valence-corrected chi connectivity index (χ3v) is 9.34. The summed E-state index contributed by atoms with van der Waals surface area (Å²) in [5.41, 5.74) is 0. The summed E-state index contributed by atoms with van der Waals surface area (Å²) in [6.45, 7) is 0. The van der Waals surface area contributed by atoms with Crippen LogP contribution in [0.4, 0.5) is 0 Å². The van der Waals surface area contributed by atoms with E-state index < -0.39 is 7.26 Å². The molecule has 138 valence electrons. The van der Waals surface area contributed by atoms with Crippen molar-refractivity contribution in [2.75, 3.05) is 6.16 Å². The maximum atomic E-state index is 5.33. The Kier molecular flexibility index (Phi) is 7.50. The molecule has 0 atom stereocenters. The van der Waals surface area contributed by atoms with Gasteiger partial charge in [-0.05, 0) is 42.8 Å². The van der Waals surface area contributed by atoms with Crippen LogP contribution in [-0.4, -0.2) is 6.16 Å². The Hall–Kier alpha value is -2.79. The molecule has 0 N–H and O–H groups in total. The fraction of sp³-hybridized carbons (Fsp3) is 0.185. The minimum absolute atomic E-state index is 0.809. The zero-order valence-corrected chi connectivity index (χ0v) is 17.1. The third kappa shape index (κ3) is 4.73. The highest BCUT2D eigenvalue weighted by Crippen LogP contribution is 2.55. The summed E-state index contributed by atoms with van der Waals surface area (Å²) in [6, 6.07) is 32.9. The van der Waals surface area contributed by atoms with Gasteiger partial charge in [-0.3, -0.25) is 0 Å². The summed E-state index contributed by atoms with van der Waals surface area (Å²) in [5.74, 6) is 9.42. The van der Waals surface area contributed by atoms with Crippen LogP contribution in [0.5, 0.6) is 0 Å². The van der Waals surface area contributed by atoms with E-state index in [0.717, 1.165) is 31.8 Å². The summed E-state index contributed by atoms with van der Waals surface area (Å²) < 4.78 is 0. The average molecular weight is 381 g/mol. The van der Waals surface area contributed by atoms with Crippen LogP contribution in [0, 0.1) is 24.2 Å². The predicted molar refractivity (Wildman–Crippen MR) is 125 cm³/mol. The first-order chi connectivity index (χ1) is 13.9. The fourth-order valence-corrected chi connectivity index (χ4v) is 7.72. The maximum absolute atomic E-state index is 5.33. The maximum Gasteiger partial charge on any atom is 0.113 e. The average Bonchev–Trinajstić information content (AvgIpc) is 2.78. The first-order valence-corrected chi connectivity index (χ1v) is 11.8. The van der Waals surface area contributed by atoms with E-state index in [9.17, 15) is 0 Å². The van der Waals surface area contributed by atoms with Crippen molar-refractivity contribution in [2.45, 2.75) is 25.7 Å². The van der Waals surface area contributed by atoms with E-state index in [4.69, 9.17) is 6.42 Å². The highest BCUT2D eigenvalue weighted by molar-refractivity contribution is 7.95. The molecule has 0 spiro atoms. The second-order valence-electron chi connectivity index (χ2n) is 6.70. The number of hydrogen-bond acceptors (Lipinski definition) is 0. The van der Waals surface area contributed by atoms with Gasteiger partial charge in [0.25, 0.3) is 0 Å². The second-order valence-corrected chi connectivity index (χ2v) is 10.3. The molecule has 0 radical (unpaired) electrons. The normalized spacial score (nSPS) is 10.5. The van der Waals surface area contributed by atoms with Crippen molar-refractivity contribution in [1.82, 2.24) is 0 Å². The molecule has 0 aliphatic rings. The van der Waals surface area contributed by atoms with Crippen molar-refractivity contribution in [1.29, 1.82) is 0 Å². The molecule has 0 heterocycles. The number of benzene rings is 3. The molecule has 0 aromatic heterocycles. The summed E-state index contributed by atoms with van der Waals surface area (Å²) in [4.78, 5) is 0. The Morgan fingerprint density at radius 3 is 1.43 bits per heavy atom. The van der Waals surface area contributed by atoms with Gasteiger partial charge in [-0.1, -0.05) is 60.5 Å². The topological polar surface area (TPSA) is 0 Å². The quantitative estimate of drug-likeness (QED) is 0.301. The Bertz CT molecular complexity index is 844. The molecule has 0 nitrogen and oxygen atoms in total. The van der Waals surface area contributed by atoms with Crippen LogP contribution >= 0.6 is 7.26 Å². The first kappa shape index (κ1) is 20.0. The molecule has 0 aliphatic heterocycles. The van der Waals surface area contributed by atoms with Crippen molar-refractivity contribution in [3.05, 3.63) is 91.0 Å². The van der Waals surface area contributed by atoms with E-state index in [1.54, 1.807) is 0 Å². The molecule has 0 saturated carbocycles.